The number of carbonyl (C=O) groups is 1. The zero-order chi connectivity index (χ0) is 20.0. The van der Waals surface area contributed by atoms with Crippen molar-refractivity contribution < 1.29 is 13.2 Å². The number of carbonyl (C=O) groups excluding carboxylic acids is 1. The van der Waals surface area contributed by atoms with E-state index in [9.17, 15) is 13.2 Å². The van der Waals surface area contributed by atoms with Crippen LogP contribution in [0.25, 0.3) is 0 Å². The Morgan fingerprint density at radius 3 is 2.54 bits per heavy atom. The van der Waals surface area contributed by atoms with Crippen molar-refractivity contribution in [3.8, 4) is 0 Å². The summed E-state index contributed by atoms with van der Waals surface area (Å²) in [4.78, 5) is 18.3. The van der Waals surface area contributed by atoms with Gasteiger partial charge in [0.2, 0.25) is 5.91 Å². The topological polar surface area (TPSA) is 79.4 Å². The van der Waals surface area contributed by atoms with Crippen LogP contribution in [0.15, 0.2) is 70.4 Å². The number of nitrogens with zero attached hydrogens (tertiary/aromatic N) is 2. The van der Waals surface area contributed by atoms with Gasteiger partial charge in [-0.2, -0.15) is 0 Å². The molecular weight excluding hydrogens is 394 g/mol. The molecule has 1 N–H and O–H groups in total. The van der Waals surface area contributed by atoms with Gasteiger partial charge in [0.25, 0.3) is 10.0 Å². The molecule has 0 aliphatic rings. The first-order chi connectivity index (χ1) is 13.4. The first-order valence-electron chi connectivity index (χ1n) is 8.73. The number of hydrogen-bond acceptors (Lipinski definition) is 5. The predicted octanol–water partition coefficient (Wildman–Crippen LogP) is 3.19. The van der Waals surface area contributed by atoms with Crippen molar-refractivity contribution in [2.75, 3.05) is 18.3 Å². The van der Waals surface area contributed by atoms with Crippen LogP contribution in [-0.2, 0) is 27.7 Å². The van der Waals surface area contributed by atoms with Crippen LogP contribution in [0.3, 0.4) is 0 Å². The van der Waals surface area contributed by atoms with Crippen LogP contribution in [0.4, 0.5) is 5.69 Å². The number of benzene rings is 1. The number of aromatic nitrogens is 1. The molecule has 0 saturated carbocycles. The molecular formula is C20H21N3O3S2. The van der Waals surface area contributed by atoms with Gasteiger partial charge in [0.1, 0.15) is 4.21 Å². The summed E-state index contributed by atoms with van der Waals surface area (Å²) < 4.78 is 27.3. The Hall–Kier alpha value is -2.71. The van der Waals surface area contributed by atoms with E-state index < -0.39 is 10.0 Å². The Balaban J connectivity index is 1.54. The summed E-state index contributed by atoms with van der Waals surface area (Å²) in [6, 6.07) is 15.8. The SMILES string of the molecule is CN(CCc1ccccn1)C(=O)Cc1ccc(NS(=O)(=O)c2cccs2)cc1. The lowest BCUT2D eigenvalue weighted by Gasteiger charge is -2.17. The van der Waals surface area contributed by atoms with Gasteiger partial charge in [0, 0.05) is 37.6 Å². The molecule has 0 radical (unpaired) electrons. The summed E-state index contributed by atoms with van der Waals surface area (Å²) in [5.41, 5.74) is 2.24. The minimum absolute atomic E-state index is 0.00264. The average molecular weight is 416 g/mol. The lowest BCUT2D eigenvalue weighted by atomic mass is 10.1. The van der Waals surface area contributed by atoms with Gasteiger partial charge in [-0.25, -0.2) is 8.42 Å². The number of amides is 1. The Kier molecular flexibility index (Phi) is 6.43. The van der Waals surface area contributed by atoms with Crippen LogP contribution in [0.1, 0.15) is 11.3 Å². The van der Waals surface area contributed by atoms with Crippen LogP contribution >= 0.6 is 11.3 Å². The van der Waals surface area contributed by atoms with Crippen molar-refractivity contribution in [2.24, 2.45) is 0 Å². The second-order valence-electron chi connectivity index (χ2n) is 6.30. The molecule has 3 aromatic rings. The van der Waals surface area contributed by atoms with E-state index in [1.165, 1.54) is 0 Å². The zero-order valence-corrected chi connectivity index (χ0v) is 17.0. The number of rotatable bonds is 8. The van der Waals surface area contributed by atoms with E-state index in [2.05, 4.69) is 9.71 Å². The summed E-state index contributed by atoms with van der Waals surface area (Å²) in [5, 5.41) is 1.72. The predicted molar refractivity (Wildman–Crippen MR) is 111 cm³/mol. The van der Waals surface area contributed by atoms with Crippen LogP contribution in [0.2, 0.25) is 0 Å². The maximum atomic E-state index is 12.4. The van der Waals surface area contributed by atoms with E-state index in [4.69, 9.17) is 0 Å². The minimum Gasteiger partial charge on any atom is -0.345 e. The zero-order valence-electron chi connectivity index (χ0n) is 15.4. The second kappa shape index (κ2) is 8.99. The van der Waals surface area contributed by atoms with Crippen LogP contribution in [-0.4, -0.2) is 37.8 Å². The third-order valence-electron chi connectivity index (χ3n) is 4.18. The smallest absolute Gasteiger partial charge is 0.271 e. The van der Waals surface area contributed by atoms with Crippen molar-refractivity contribution >= 4 is 33.0 Å². The highest BCUT2D eigenvalue weighted by molar-refractivity contribution is 7.94. The Morgan fingerprint density at radius 2 is 1.89 bits per heavy atom. The highest BCUT2D eigenvalue weighted by Crippen LogP contribution is 2.20. The van der Waals surface area contributed by atoms with Gasteiger partial charge in [-0.15, -0.1) is 11.3 Å². The van der Waals surface area contributed by atoms with Gasteiger partial charge >= 0.3 is 0 Å². The Labute approximate surface area is 168 Å². The molecule has 8 heteroatoms. The first-order valence-corrected chi connectivity index (χ1v) is 11.1. The second-order valence-corrected chi connectivity index (χ2v) is 9.15. The number of anilines is 1. The summed E-state index contributed by atoms with van der Waals surface area (Å²) in [6.07, 6.45) is 2.70. The fourth-order valence-electron chi connectivity index (χ4n) is 2.58. The number of thiophene rings is 1. The molecule has 2 aromatic heterocycles. The molecule has 28 heavy (non-hydrogen) atoms. The molecule has 2 heterocycles. The molecule has 0 aliphatic carbocycles. The lowest BCUT2D eigenvalue weighted by Crippen LogP contribution is -2.30. The molecule has 0 spiro atoms. The van der Waals surface area contributed by atoms with E-state index in [0.717, 1.165) is 22.6 Å². The molecule has 0 unspecified atom stereocenters. The largest absolute Gasteiger partial charge is 0.345 e. The van der Waals surface area contributed by atoms with E-state index >= 15 is 0 Å². The molecule has 3 rings (SSSR count). The standard InChI is InChI=1S/C20H21N3O3S2/c1-23(13-11-17-5-2-3-12-21-17)19(24)15-16-7-9-18(10-8-16)22-28(25,26)20-6-4-14-27-20/h2-10,12,14,22H,11,13,15H2,1H3. The minimum atomic E-state index is -3.57. The van der Waals surface area contributed by atoms with Gasteiger partial charge in [-0.1, -0.05) is 24.3 Å². The van der Waals surface area contributed by atoms with E-state index in [-0.39, 0.29) is 16.5 Å². The lowest BCUT2D eigenvalue weighted by molar-refractivity contribution is -0.129. The maximum absolute atomic E-state index is 12.4. The van der Waals surface area contributed by atoms with E-state index in [1.807, 2.05) is 18.2 Å². The Bertz CT molecular complexity index is 1000. The fraction of sp³-hybridized carbons (Fsp3) is 0.200. The van der Waals surface area contributed by atoms with Gasteiger partial charge in [0.15, 0.2) is 0 Å². The number of hydrogen-bond donors (Lipinski definition) is 1. The van der Waals surface area contributed by atoms with Crippen molar-refractivity contribution in [3.63, 3.8) is 0 Å². The van der Waals surface area contributed by atoms with E-state index in [1.54, 1.807) is 59.9 Å². The number of sulfonamides is 1. The van der Waals surface area contributed by atoms with Crippen LogP contribution in [0.5, 0.6) is 0 Å². The van der Waals surface area contributed by atoms with Gasteiger partial charge in [-0.3, -0.25) is 14.5 Å². The molecule has 146 valence electrons. The number of likely N-dealkylation sites (N-methyl/N-ethyl adjacent to an activating group) is 1. The first kappa shape index (κ1) is 20.0. The summed E-state index contributed by atoms with van der Waals surface area (Å²) in [7, 11) is -1.79. The average Bonchev–Trinajstić information content (AvgIpc) is 3.24. The fourth-order valence-corrected chi connectivity index (χ4v) is 4.63. The summed E-state index contributed by atoms with van der Waals surface area (Å²) in [5.74, 6) is 0.00264. The maximum Gasteiger partial charge on any atom is 0.271 e. The molecule has 6 nitrogen and oxygen atoms in total. The normalized spacial score (nSPS) is 11.2. The molecule has 0 saturated heterocycles. The molecule has 0 bridgehead atoms. The van der Waals surface area contributed by atoms with Gasteiger partial charge < -0.3 is 4.90 Å². The van der Waals surface area contributed by atoms with E-state index in [0.29, 0.717) is 18.7 Å². The van der Waals surface area contributed by atoms with Crippen LogP contribution < -0.4 is 4.72 Å². The van der Waals surface area contributed by atoms with Crippen molar-refractivity contribution in [1.29, 1.82) is 0 Å². The third kappa shape index (κ3) is 5.40. The van der Waals surface area contributed by atoms with Crippen molar-refractivity contribution in [1.82, 2.24) is 9.88 Å². The van der Waals surface area contributed by atoms with Crippen LogP contribution in [0, 0.1) is 0 Å². The van der Waals surface area contributed by atoms with Gasteiger partial charge in [0.05, 0.1) is 6.42 Å². The third-order valence-corrected chi connectivity index (χ3v) is 6.96. The Morgan fingerprint density at radius 1 is 1.11 bits per heavy atom. The number of nitrogens with one attached hydrogen (secondary N) is 1. The molecule has 0 atom stereocenters. The molecule has 0 aliphatic heterocycles. The van der Waals surface area contributed by atoms with Crippen molar-refractivity contribution in [2.45, 2.75) is 17.1 Å². The highest BCUT2D eigenvalue weighted by atomic mass is 32.2. The quantitative estimate of drug-likeness (QED) is 0.613. The summed E-state index contributed by atoms with van der Waals surface area (Å²) >= 11 is 1.16. The summed E-state index contributed by atoms with van der Waals surface area (Å²) in [6.45, 7) is 0.592. The highest BCUT2D eigenvalue weighted by Gasteiger charge is 2.15. The molecule has 0 fully saturated rings. The van der Waals surface area contributed by atoms with Crippen molar-refractivity contribution in [3.05, 3.63) is 77.4 Å². The number of pyridine rings is 1. The van der Waals surface area contributed by atoms with Gasteiger partial charge in [-0.05, 0) is 41.3 Å². The molecule has 1 aromatic carbocycles. The monoisotopic (exact) mass is 415 g/mol. The molecule has 1 amide bonds.